The van der Waals surface area contributed by atoms with Gasteiger partial charge in [-0.25, -0.2) is 4.68 Å². The normalized spacial score (nSPS) is 19.7. The van der Waals surface area contributed by atoms with Gasteiger partial charge in [0.2, 0.25) is 5.82 Å². The molecule has 7 nitrogen and oxygen atoms in total. The van der Waals surface area contributed by atoms with Crippen LogP contribution in [0.4, 0.5) is 11.5 Å². The quantitative estimate of drug-likeness (QED) is 0.667. The van der Waals surface area contributed by atoms with Crippen LogP contribution < -0.4 is 5.32 Å². The topological polar surface area (TPSA) is 82.2 Å². The van der Waals surface area contributed by atoms with E-state index in [0.717, 1.165) is 19.4 Å². The second-order valence-corrected chi connectivity index (χ2v) is 5.18. The van der Waals surface area contributed by atoms with Crippen molar-refractivity contribution in [3.63, 3.8) is 0 Å². The number of nitrogens with one attached hydrogen (secondary N) is 1. The largest absolute Gasteiger partial charge is 0.379 e. The number of nitro groups is 1. The van der Waals surface area contributed by atoms with Crippen LogP contribution in [0.1, 0.15) is 38.3 Å². The molecular weight excluding hydrogens is 248 g/mol. The van der Waals surface area contributed by atoms with Crippen LogP contribution in [-0.2, 0) is 11.8 Å². The van der Waals surface area contributed by atoms with E-state index in [9.17, 15) is 10.1 Å². The Morgan fingerprint density at radius 2 is 2.32 bits per heavy atom. The molecule has 7 heteroatoms. The minimum atomic E-state index is -0.353. The second-order valence-electron chi connectivity index (χ2n) is 5.18. The van der Waals surface area contributed by atoms with Gasteiger partial charge in [0.1, 0.15) is 5.69 Å². The van der Waals surface area contributed by atoms with Gasteiger partial charge in [-0.3, -0.25) is 10.1 Å². The first-order valence-electron chi connectivity index (χ1n) is 6.56. The molecule has 0 radical (unpaired) electrons. The summed E-state index contributed by atoms with van der Waals surface area (Å²) in [5.74, 6) is 0.494. The molecule has 0 aromatic carbocycles. The van der Waals surface area contributed by atoms with Crippen molar-refractivity contribution >= 4 is 11.5 Å². The number of hydrogen-bond acceptors (Lipinski definition) is 5. The standard InChI is InChI=1S/C12H20N4O3/c1-8(2)10-11(16(17)18)12(15(3)14-10)13-9-5-4-6-19-7-9/h8-9,13H,4-7H2,1-3H3. The molecule has 0 aliphatic carbocycles. The van der Waals surface area contributed by atoms with Gasteiger partial charge in [0.15, 0.2) is 0 Å². The van der Waals surface area contributed by atoms with E-state index in [-0.39, 0.29) is 22.6 Å². The zero-order chi connectivity index (χ0) is 14.0. The molecule has 0 saturated carbocycles. The Hall–Kier alpha value is -1.63. The lowest BCUT2D eigenvalue weighted by Gasteiger charge is -2.23. The summed E-state index contributed by atoms with van der Waals surface area (Å²) in [6.45, 7) is 5.16. The fraction of sp³-hybridized carbons (Fsp3) is 0.750. The summed E-state index contributed by atoms with van der Waals surface area (Å²) < 4.78 is 6.94. The van der Waals surface area contributed by atoms with Crippen molar-refractivity contribution in [2.45, 2.75) is 38.6 Å². The maximum atomic E-state index is 11.3. The first-order valence-corrected chi connectivity index (χ1v) is 6.56. The highest BCUT2D eigenvalue weighted by Crippen LogP contribution is 2.33. The van der Waals surface area contributed by atoms with Crippen molar-refractivity contribution in [2.24, 2.45) is 7.05 Å². The molecule has 1 aromatic heterocycles. The minimum absolute atomic E-state index is 0.0183. The first-order chi connectivity index (χ1) is 9.00. The Kier molecular flexibility index (Phi) is 4.04. The molecule has 1 N–H and O–H groups in total. The Bertz CT molecular complexity index is 464. The molecule has 1 atom stereocenters. The highest BCUT2D eigenvalue weighted by atomic mass is 16.6. The smallest absolute Gasteiger partial charge is 0.334 e. The van der Waals surface area contributed by atoms with Crippen LogP contribution in [0.5, 0.6) is 0 Å². The number of nitrogens with zero attached hydrogens (tertiary/aromatic N) is 3. The summed E-state index contributed by atoms with van der Waals surface area (Å²) in [6.07, 6.45) is 1.93. The molecule has 1 aliphatic heterocycles. The minimum Gasteiger partial charge on any atom is -0.379 e. The Labute approximate surface area is 112 Å². The fourth-order valence-electron chi connectivity index (χ4n) is 2.31. The van der Waals surface area contributed by atoms with Gasteiger partial charge >= 0.3 is 5.69 Å². The molecule has 0 bridgehead atoms. The zero-order valence-corrected chi connectivity index (χ0v) is 11.5. The fourth-order valence-corrected chi connectivity index (χ4v) is 2.31. The number of anilines is 1. The summed E-state index contributed by atoms with van der Waals surface area (Å²) >= 11 is 0. The first kappa shape index (κ1) is 13.8. The van der Waals surface area contributed by atoms with E-state index in [1.54, 1.807) is 11.7 Å². The number of ether oxygens (including phenoxy) is 1. The van der Waals surface area contributed by atoms with Gasteiger partial charge in [-0.2, -0.15) is 5.10 Å². The monoisotopic (exact) mass is 268 g/mol. The molecule has 0 amide bonds. The van der Waals surface area contributed by atoms with Crippen molar-refractivity contribution in [2.75, 3.05) is 18.5 Å². The third-order valence-electron chi connectivity index (χ3n) is 3.28. The zero-order valence-electron chi connectivity index (χ0n) is 11.5. The summed E-state index contributed by atoms with van der Waals surface area (Å²) in [5.41, 5.74) is 0.606. The summed E-state index contributed by atoms with van der Waals surface area (Å²) in [4.78, 5) is 10.9. The second kappa shape index (κ2) is 5.56. The van der Waals surface area contributed by atoms with Gasteiger partial charge in [-0.15, -0.1) is 0 Å². The van der Waals surface area contributed by atoms with E-state index < -0.39 is 0 Å². The molecule has 1 aromatic rings. The number of aromatic nitrogens is 2. The van der Waals surface area contributed by atoms with Gasteiger partial charge in [0.05, 0.1) is 17.6 Å². The van der Waals surface area contributed by atoms with Crippen molar-refractivity contribution < 1.29 is 9.66 Å². The summed E-state index contributed by atoms with van der Waals surface area (Å²) in [7, 11) is 1.73. The van der Waals surface area contributed by atoms with Gasteiger partial charge in [0.25, 0.3) is 0 Å². The molecule has 106 valence electrons. The molecule has 2 rings (SSSR count). The Balaban J connectivity index is 2.30. The number of hydrogen-bond donors (Lipinski definition) is 1. The lowest BCUT2D eigenvalue weighted by Crippen LogP contribution is -2.31. The number of rotatable bonds is 4. The van der Waals surface area contributed by atoms with Crippen LogP contribution in [0.25, 0.3) is 0 Å². The average molecular weight is 268 g/mol. The molecule has 1 fully saturated rings. The van der Waals surface area contributed by atoms with Crippen molar-refractivity contribution in [3.8, 4) is 0 Å². The Morgan fingerprint density at radius 3 is 2.84 bits per heavy atom. The van der Waals surface area contributed by atoms with Crippen LogP contribution in [0.3, 0.4) is 0 Å². The number of aryl methyl sites for hydroxylation is 1. The molecular formula is C12H20N4O3. The maximum Gasteiger partial charge on any atom is 0.334 e. The van der Waals surface area contributed by atoms with Gasteiger partial charge < -0.3 is 10.1 Å². The average Bonchev–Trinajstić information content (AvgIpc) is 2.68. The van der Waals surface area contributed by atoms with Crippen molar-refractivity contribution in [3.05, 3.63) is 15.8 Å². The van der Waals surface area contributed by atoms with Crippen LogP contribution in [0, 0.1) is 10.1 Å². The van der Waals surface area contributed by atoms with E-state index in [1.807, 2.05) is 13.8 Å². The third kappa shape index (κ3) is 2.86. The van der Waals surface area contributed by atoms with Crippen molar-refractivity contribution in [1.82, 2.24) is 9.78 Å². The van der Waals surface area contributed by atoms with Crippen molar-refractivity contribution in [1.29, 1.82) is 0 Å². The highest BCUT2D eigenvalue weighted by Gasteiger charge is 2.30. The molecule has 1 unspecified atom stereocenters. The van der Waals surface area contributed by atoms with Crippen LogP contribution >= 0.6 is 0 Å². The van der Waals surface area contributed by atoms with E-state index in [4.69, 9.17) is 4.74 Å². The maximum absolute atomic E-state index is 11.3. The van der Waals surface area contributed by atoms with Gasteiger partial charge in [-0.05, 0) is 12.8 Å². The predicted molar refractivity (Wildman–Crippen MR) is 71.4 cm³/mol. The highest BCUT2D eigenvalue weighted by molar-refractivity contribution is 5.61. The molecule has 2 heterocycles. The molecule has 1 saturated heterocycles. The lowest BCUT2D eigenvalue weighted by atomic mass is 10.1. The van der Waals surface area contributed by atoms with E-state index in [0.29, 0.717) is 18.1 Å². The predicted octanol–water partition coefficient (Wildman–Crippen LogP) is 2.04. The lowest BCUT2D eigenvalue weighted by molar-refractivity contribution is -0.384. The summed E-state index contributed by atoms with van der Waals surface area (Å²) in [6, 6.07) is 0.114. The van der Waals surface area contributed by atoms with Gasteiger partial charge in [-0.1, -0.05) is 13.8 Å². The summed E-state index contributed by atoms with van der Waals surface area (Å²) in [5, 5.41) is 18.8. The third-order valence-corrected chi connectivity index (χ3v) is 3.28. The molecule has 0 spiro atoms. The van der Waals surface area contributed by atoms with E-state index in [1.165, 1.54) is 0 Å². The van der Waals surface area contributed by atoms with Crippen LogP contribution in [0.15, 0.2) is 0 Å². The van der Waals surface area contributed by atoms with Crippen LogP contribution in [-0.4, -0.2) is 34.0 Å². The van der Waals surface area contributed by atoms with Crippen LogP contribution in [0.2, 0.25) is 0 Å². The molecule has 19 heavy (non-hydrogen) atoms. The molecule has 1 aliphatic rings. The Morgan fingerprint density at radius 1 is 1.58 bits per heavy atom. The van der Waals surface area contributed by atoms with E-state index >= 15 is 0 Å². The van der Waals surface area contributed by atoms with Gasteiger partial charge in [0, 0.05) is 19.6 Å². The van der Waals surface area contributed by atoms with E-state index in [2.05, 4.69) is 10.4 Å². The SMILES string of the molecule is CC(C)c1nn(C)c(NC2CCCOC2)c1[N+](=O)[O-].